The minimum absolute atomic E-state index is 0.812. The van der Waals surface area contributed by atoms with Crippen LogP contribution >= 0.6 is 11.8 Å². The molecule has 0 unspecified atom stereocenters. The molecular formula is C14H23NOS. The summed E-state index contributed by atoms with van der Waals surface area (Å²) >= 11 is 1.97. The van der Waals surface area contributed by atoms with Crippen LogP contribution in [0.5, 0.6) is 5.75 Å². The summed E-state index contributed by atoms with van der Waals surface area (Å²) in [5.41, 5.74) is 2.53. The molecule has 17 heavy (non-hydrogen) atoms. The highest BCUT2D eigenvalue weighted by Gasteiger charge is 2.03. The van der Waals surface area contributed by atoms with Crippen LogP contribution in [0, 0.1) is 6.92 Å². The van der Waals surface area contributed by atoms with Gasteiger partial charge in [0.15, 0.2) is 0 Å². The normalized spacial score (nSPS) is 10.5. The van der Waals surface area contributed by atoms with Gasteiger partial charge in [0.05, 0.1) is 6.61 Å². The Bertz CT molecular complexity index is 328. The molecule has 0 heterocycles. The Morgan fingerprint density at radius 1 is 1.35 bits per heavy atom. The van der Waals surface area contributed by atoms with Crippen LogP contribution in [0.4, 0.5) is 0 Å². The van der Waals surface area contributed by atoms with Crippen molar-refractivity contribution >= 4 is 11.8 Å². The van der Waals surface area contributed by atoms with E-state index in [0.29, 0.717) is 0 Å². The van der Waals surface area contributed by atoms with E-state index >= 15 is 0 Å². The van der Waals surface area contributed by atoms with Crippen LogP contribution in [0.3, 0.4) is 0 Å². The van der Waals surface area contributed by atoms with Crippen LogP contribution in [0.15, 0.2) is 18.2 Å². The number of ether oxygens (including phenoxy) is 1. The third-order valence-corrected chi connectivity index (χ3v) is 3.46. The van der Waals surface area contributed by atoms with Gasteiger partial charge < -0.3 is 10.1 Å². The van der Waals surface area contributed by atoms with Crippen molar-refractivity contribution in [3.05, 3.63) is 29.3 Å². The largest absolute Gasteiger partial charge is 0.493 e. The molecule has 1 aromatic carbocycles. The van der Waals surface area contributed by atoms with E-state index < -0.39 is 0 Å². The van der Waals surface area contributed by atoms with Crippen molar-refractivity contribution in [3.63, 3.8) is 0 Å². The molecule has 1 aromatic rings. The molecule has 0 aliphatic carbocycles. The maximum absolute atomic E-state index is 5.84. The van der Waals surface area contributed by atoms with Gasteiger partial charge in [0.25, 0.3) is 0 Å². The molecular weight excluding hydrogens is 230 g/mol. The molecule has 0 bridgehead atoms. The first kappa shape index (κ1) is 14.4. The molecule has 2 nitrogen and oxygen atoms in total. The summed E-state index contributed by atoms with van der Waals surface area (Å²) < 4.78 is 5.84. The van der Waals surface area contributed by atoms with E-state index in [2.05, 4.69) is 37.4 Å². The molecule has 0 aromatic heterocycles. The highest BCUT2D eigenvalue weighted by molar-refractivity contribution is 7.99. The molecule has 0 atom stereocenters. The smallest absolute Gasteiger partial charge is 0.123 e. The van der Waals surface area contributed by atoms with E-state index in [1.165, 1.54) is 22.6 Å². The van der Waals surface area contributed by atoms with Crippen LogP contribution in [-0.4, -0.2) is 25.2 Å². The molecule has 0 fully saturated rings. The van der Waals surface area contributed by atoms with Gasteiger partial charge in [-0.3, -0.25) is 0 Å². The van der Waals surface area contributed by atoms with E-state index in [4.69, 9.17) is 4.74 Å². The zero-order valence-corrected chi connectivity index (χ0v) is 11.9. The standard InChI is InChI=1S/C14H23NOS/c1-4-17-9-5-8-16-14-7-6-12(2)10-13(14)11-15-3/h6-7,10,15H,4-5,8-9,11H2,1-3H3. The minimum atomic E-state index is 0.812. The molecule has 1 rings (SSSR count). The third-order valence-electron chi connectivity index (χ3n) is 2.48. The van der Waals surface area contributed by atoms with E-state index in [1.54, 1.807) is 0 Å². The molecule has 0 saturated carbocycles. The Hall–Kier alpha value is -0.670. The highest BCUT2D eigenvalue weighted by atomic mass is 32.2. The van der Waals surface area contributed by atoms with E-state index in [0.717, 1.165) is 25.3 Å². The van der Waals surface area contributed by atoms with Gasteiger partial charge in [-0.2, -0.15) is 11.8 Å². The van der Waals surface area contributed by atoms with Crippen molar-refractivity contribution in [1.29, 1.82) is 0 Å². The lowest BCUT2D eigenvalue weighted by Gasteiger charge is -2.12. The van der Waals surface area contributed by atoms with Crippen molar-refractivity contribution in [2.45, 2.75) is 26.8 Å². The fourth-order valence-electron chi connectivity index (χ4n) is 1.67. The van der Waals surface area contributed by atoms with Crippen molar-refractivity contribution in [3.8, 4) is 5.75 Å². The molecule has 0 aliphatic rings. The van der Waals surface area contributed by atoms with Crippen LogP contribution in [0.2, 0.25) is 0 Å². The molecule has 0 amide bonds. The molecule has 0 radical (unpaired) electrons. The maximum atomic E-state index is 5.84. The van der Waals surface area contributed by atoms with E-state index in [9.17, 15) is 0 Å². The third kappa shape index (κ3) is 5.46. The zero-order chi connectivity index (χ0) is 12.5. The summed E-state index contributed by atoms with van der Waals surface area (Å²) in [5, 5.41) is 3.18. The summed E-state index contributed by atoms with van der Waals surface area (Å²) in [6.07, 6.45) is 1.12. The summed E-state index contributed by atoms with van der Waals surface area (Å²) in [6, 6.07) is 6.37. The maximum Gasteiger partial charge on any atom is 0.123 e. The number of hydrogen-bond acceptors (Lipinski definition) is 3. The second kappa shape index (κ2) is 8.43. The topological polar surface area (TPSA) is 21.3 Å². The summed E-state index contributed by atoms with van der Waals surface area (Å²) in [5.74, 6) is 3.39. The first-order valence-electron chi connectivity index (χ1n) is 6.22. The summed E-state index contributed by atoms with van der Waals surface area (Å²) in [7, 11) is 1.96. The quantitative estimate of drug-likeness (QED) is 0.719. The monoisotopic (exact) mass is 253 g/mol. The van der Waals surface area contributed by atoms with Gasteiger partial charge in [0.1, 0.15) is 5.75 Å². The Labute approximate surface area is 109 Å². The van der Waals surface area contributed by atoms with Gasteiger partial charge in [-0.25, -0.2) is 0 Å². The van der Waals surface area contributed by atoms with Gasteiger partial charge in [0.2, 0.25) is 0 Å². The summed E-state index contributed by atoms with van der Waals surface area (Å²) in [6.45, 7) is 5.98. The van der Waals surface area contributed by atoms with Crippen molar-refractivity contribution in [1.82, 2.24) is 5.32 Å². The SMILES string of the molecule is CCSCCCOc1ccc(C)cc1CNC. The average molecular weight is 253 g/mol. The van der Waals surface area contributed by atoms with Gasteiger partial charge >= 0.3 is 0 Å². The zero-order valence-electron chi connectivity index (χ0n) is 11.1. The molecule has 96 valence electrons. The number of rotatable bonds is 8. The van der Waals surface area contributed by atoms with Gasteiger partial charge in [-0.05, 0) is 38.0 Å². The van der Waals surface area contributed by atoms with Crippen molar-refractivity contribution in [2.24, 2.45) is 0 Å². The first-order chi connectivity index (χ1) is 8.27. The Morgan fingerprint density at radius 3 is 2.88 bits per heavy atom. The number of thioether (sulfide) groups is 1. The number of nitrogens with one attached hydrogen (secondary N) is 1. The van der Waals surface area contributed by atoms with Crippen molar-refractivity contribution < 1.29 is 4.74 Å². The van der Waals surface area contributed by atoms with E-state index in [-0.39, 0.29) is 0 Å². The Balaban J connectivity index is 2.45. The lowest BCUT2D eigenvalue weighted by molar-refractivity contribution is 0.315. The van der Waals surface area contributed by atoms with Crippen LogP contribution in [0.25, 0.3) is 0 Å². The Morgan fingerprint density at radius 2 is 2.18 bits per heavy atom. The number of hydrogen-bond donors (Lipinski definition) is 1. The molecule has 0 aliphatic heterocycles. The molecule has 0 spiro atoms. The lowest BCUT2D eigenvalue weighted by atomic mass is 10.1. The van der Waals surface area contributed by atoms with Crippen LogP contribution < -0.4 is 10.1 Å². The first-order valence-corrected chi connectivity index (χ1v) is 7.38. The van der Waals surface area contributed by atoms with Gasteiger partial charge in [-0.15, -0.1) is 0 Å². The van der Waals surface area contributed by atoms with Gasteiger partial charge in [0, 0.05) is 12.1 Å². The average Bonchev–Trinajstić information content (AvgIpc) is 2.32. The number of benzene rings is 1. The predicted octanol–water partition coefficient (Wildman–Crippen LogP) is 3.24. The second-order valence-electron chi connectivity index (χ2n) is 4.04. The fourth-order valence-corrected chi connectivity index (χ4v) is 2.28. The van der Waals surface area contributed by atoms with Crippen LogP contribution in [0.1, 0.15) is 24.5 Å². The molecule has 0 saturated heterocycles. The lowest BCUT2D eigenvalue weighted by Crippen LogP contribution is -2.08. The fraction of sp³-hybridized carbons (Fsp3) is 0.571. The molecule has 3 heteroatoms. The van der Waals surface area contributed by atoms with Crippen molar-refractivity contribution in [2.75, 3.05) is 25.2 Å². The highest BCUT2D eigenvalue weighted by Crippen LogP contribution is 2.20. The van der Waals surface area contributed by atoms with Gasteiger partial charge in [-0.1, -0.05) is 24.6 Å². The molecule has 1 N–H and O–H groups in total. The summed E-state index contributed by atoms with van der Waals surface area (Å²) in [4.78, 5) is 0. The minimum Gasteiger partial charge on any atom is -0.493 e. The van der Waals surface area contributed by atoms with Crippen LogP contribution in [-0.2, 0) is 6.54 Å². The number of aryl methyl sites for hydroxylation is 1. The Kier molecular flexibility index (Phi) is 7.13. The predicted molar refractivity (Wildman–Crippen MR) is 77.1 cm³/mol. The van der Waals surface area contributed by atoms with E-state index in [1.807, 2.05) is 18.8 Å². The second-order valence-corrected chi connectivity index (χ2v) is 5.43.